The minimum absolute atomic E-state index is 0.0664. The van der Waals surface area contributed by atoms with Crippen molar-refractivity contribution in [3.63, 3.8) is 0 Å². The Hall–Kier alpha value is -3.54. The topological polar surface area (TPSA) is 139 Å². The summed E-state index contributed by atoms with van der Waals surface area (Å²) in [4.78, 5) is 32.7. The number of aryl methyl sites for hydroxylation is 1. The van der Waals surface area contributed by atoms with Crippen LogP contribution in [0.25, 0.3) is 10.9 Å². The van der Waals surface area contributed by atoms with Gasteiger partial charge in [-0.25, -0.2) is 9.18 Å². The number of carbonyl (C=O) groups is 1. The minimum Gasteiger partial charge on any atom is -0.506 e. The Labute approximate surface area is 211 Å². The predicted octanol–water partition coefficient (Wildman–Crippen LogP) is 1.89. The first-order valence-corrected chi connectivity index (χ1v) is 12.2. The van der Waals surface area contributed by atoms with E-state index in [0.717, 1.165) is 18.9 Å². The number of aromatic hydroxyl groups is 1. The van der Waals surface area contributed by atoms with E-state index in [1.165, 1.54) is 6.20 Å². The first kappa shape index (κ1) is 25.1. The third-order valence-corrected chi connectivity index (χ3v) is 7.32. The van der Waals surface area contributed by atoms with E-state index in [1.807, 2.05) is 4.90 Å². The van der Waals surface area contributed by atoms with Crippen molar-refractivity contribution in [1.82, 2.24) is 14.5 Å². The fraction of sp³-hybridized carbons (Fsp3) is 0.423. The SMILES string of the molecule is Cc1nc(CN2CCN(c3cc4c(cc3F)c(=O)c(C(=O)O)cn4C3CC3)CC2)c(CO)c(CO)c1O. The molecule has 2 aliphatic rings. The molecule has 5 rings (SSSR count). The maximum absolute atomic E-state index is 15.2. The summed E-state index contributed by atoms with van der Waals surface area (Å²) in [5.41, 5.74) is 1.49. The van der Waals surface area contributed by atoms with Crippen molar-refractivity contribution in [1.29, 1.82) is 0 Å². The molecule has 0 atom stereocenters. The van der Waals surface area contributed by atoms with E-state index in [0.29, 0.717) is 60.9 Å². The van der Waals surface area contributed by atoms with Crippen LogP contribution in [0.15, 0.2) is 23.1 Å². The Bertz CT molecular complexity index is 1440. The maximum atomic E-state index is 15.2. The van der Waals surface area contributed by atoms with Crippen molar-refractivity contribution in [2.24, 2.45) is 0 Å². The second-order valence-corrected chi connectivity index (χ2v) is 9.67. The Morgan fingerprint density at radius 1 is 1.11 bits per heavy atom. The molecule has 4 N–H and O–H groups in total. The van der Waals surface area contributed by atoms with E-state index in [4.69, 9.17) is 0 Å². The number of hydrogen-bond acceptors (Lipinski definition) is 8. The number of carboxylic acids is 1. The molecule has 1 aromatic carbocycles. The molecule has 0 unspecified atom stereocenters. The van der Waals surface area contributed by atoms with Gasteiger partial charge in [0.1, 0.15) is 17.1 Å². The van der Waals surface area contributed by atoms with Crippen LogP contribution in [0.3, 0.4) is 0 Å². The van der Waals surface area contributed by atoms with Crippen LogP contribution < -0.4 is 10.3 Å². The number of aromatic carboxylic acids is 1. The molecule has 1 aliphatic carbocycles. The lowest BCUT2D eigenvalue weighted by Gasteiger charge is -2.36. The van der Waals surface area contributed by atoms with Crippen molar-refractivity contribution in [3.05, 3.63) is 62.4 Å². The van der Waals surface area contributed by atoms with Gasteiger partial charge in [0, 0.05) is 61.5 Å². The third kappa shape index (κ3) is 4.54. The van der Waals surface area contributed by atoms with Gasteiger partial charge in [0.2, 0.25) is 5.43 Å². The summed E-state index contributed by atoms with van der Waals surface area (Å²) in [7, 11) is 0. The molecule has 1 saturated heterocycles. The van der Waals surface area contributed by atoms with Gasteiger partial charge in [-0.15, -0.1) is 0 Å². The van der Waals surface area contributed by atoms with Crippen molar-refractivity contribution in [2.75, 3.05) is 31.1 Å². The molecule has 11 heteroatoms. The fourth-order valence-electron chi connectivity index (χ4n) is 5.11. The first-order chi connectivity index (χ1) is 17.7. The van der Waals surface area contributed by atoms with Gasteiger partial charge in [0.05, 0.1) is 35.8 Å². The van der Waals surface area contributed by atoms with Crippen LogP contribution in [0.5, 0.6) is 5.75 Å². The number of nitrogens with zero attached hydrogens (tertiary/aromatic N) is 4. The Kier molecular flexibility index (Phi) is 6.61. The number of aliphatic hydroxyl groups excluding tert-OH is 2. The molecule has 0 radical (unpaired) electrons. The number of pyridine rings is 2. The van der Waals surface area contributed by atoms with Gasteiger partial charge < -0.3 is 29.9 Å². The number of piperazine rings is 1. The average Bonchev–Trinajstić information content (AvgIpc) is 3.72. The van der Waals surface area contributed by atoms with E-state index in [-0.39, 0.29) is 34.9 Å². The number of halogens is 1. The highest BCUT2D eigenvalue weighted by Crippen LogP contribution is 2.38. The zero-order chi connectivity index (χ0) is 26.4. The number of benzene rings is 1. The summed E-state index contributed by atoms with van der Waals surface area (Å²) >= 11 is 0. The van der Waals surface area contributed by atoms with Gasteiger partial charge in [0.15, 0.2) is 0 Å². The lowest BCUT2D eigenvalue weighted by Crippen LogP contribution is -2.46. The quantitative estimate of drug-likeness (QED) is 0.374. The number of carboxylic acid groups (broad SMARTS) is 1. The van der Waals surface area contributed by atoms with Crippen LogP contribution in [-0.4, -0.2) is 67.0 Å². The minimum atomic E-state index is -1.32. The standard InChI is InChI=1S/C26H29FN4O6/c1-14-24(34)19(13-33)18(12-32)21(28-14)11-29-4-6-30(7-5-29)23-9-22-16(8-20(23)27)25(35)17(26(36)37)10-31(22)15-2-3-15/h8-10,15,32-34H,2-7,11-13H2,1H3,(H,36,37). The second-order valence-electron chi connectivity index (χ2n) is 9.67. The van der Waals surface area contributed by atoms with Crippen molar-refractivity contribution in [2.45, 2.75) is 45.6 Å². The maximum Gasteiger partial charge on any atom is 0.341 e. The lowest BCUT2D eigenvalue weighted by atomic mass is 10.0. The molecule has 3 aromatic rings. The van der Waals surface area contributed by atoms with Crippen LogP contribution >= 0.6 is 0 Å². The van der Waals surface area contributed by atoms with Crippen LogP contribution in [0.2, 0.25) is 0 Å². The number of rotatable bonds is 7. The van der Waals surface area contributed by atoms with Gasteiger partial charge in [0.25, 0.3) is 0 Å². The summed E-state index contributed by atoms with van der Waals surface area (Å²) in [6.07, 6.45) is 3.12. The van der Waals surface area contributed by atoms with Crippen molar-refractivity contribution < 1.29 is 29.6 Å². The number of fused-ring (bicyclic) bond motifs is 1. The highest BCUT2D eigenvalue weighted by atomic mass is 19.1. The van der Waals surface area contributed by atoms with Crippen LogP contribution in [0.4, 0.5) is 10.1 Å². The van der Waals surface area contributed by atoms with Crippen molar-refractivity contribution in [3.8, 4) is 5.75 Å². The monoisotopic (exact) mass is 512 g/mol. The van der Waals surface area contributed by atoms with Crippen LogP contribution in [0, 0.1) is 12.7 Å². The lowest BCUT2D eigenvalue weighted by molar-refractivity contribution is 0.0694. The molecule has 10 nitrogen and oxygen atoms in total. The molecule has 3 heterocycles. The molecule has 0 spiro atoms. The molecule has 1 aliphatic heterocycles. The van der Waals surface area contributed by atoms with Crippen LogP contribution in [0.1, 0.15) is 51.8 Å². The molecule has 37 heavy (non-hydrogen) atoms. The van der Waals surface area contributed by atoms with Crippen molar-refractivity contribution >= 4 is 22.6 Å². The van der Waals surface area contributed by atoms with E-state index in [2.05, 4.69) is 9.88 Å². The van der Waals surface area contributed by atoms with Gasteiger partial charge in [-0.2, -0.15) is 0 Å². The molecule has 196 valence electrons. The number of aromatic nitrogens is 2. The second kappa shape index (κ2) is 9.73. The van der Waals surface area contributed by atoms with Gasteiger partial charge in [-0.1, -0.05) is 0 Å². The average molecular weight is 513 g/mol. The third-order valence-electron chi connectivity index (χ3n) is 7.32. The normalized spacial score (nSPS) is 16.5. The van der Waals surface area contributed by atoms with Gasteiger partial charge in [-0.05, 0) is 31.9 Å². The zero-order valence-corrected chi connectivity index (χ0v) is 20.4. The Morgan fingerprint density at radius 2 is 1.78 bits per heavy atom. The highest BCUT2D eigenvalue weighted by molar-refractivity contribution is 5.93. The van der Waals surface area contributed by atoms with E-state index >= 15 is 4.39 Å². The molecule has 2 fully saturated rings. The summed E-state index contributed by atoms with van der Waals surface area (Å²) in [5, 5.41) is 39.2. The molecular weight excluding hydrogens is 483 g/mol. The first-order valence-electron chi connectivity index (χ1n) is 12.2. The van der Waals surface area contributed by atoms with E-state index in [1.54, 1.807) is 17.6 Å². The van der Waals surface area contributed by atoms with Gasteiger partial charge >= 0.3 is 5.97 Å². The molecule has 0 bridgehead atoms. The Balaban J connectivity index is 1.40. The summed E-state index contributed by atoms with van der Waals surface area (Å²) in [5.74, 6) is -2.02. The van der Waals surface area contributed by atoms with E-state index < -0.39 is 23.8 Å². The molecular formula is C26H29FN4O6. The predicted molar refractivity (Wildman–Crippen MR) is 133 cm³/mol. The van der Waals surface area contributed by atoms with Gasteiger partial charge in [-0.3, -0.25) is 14.7 Å². The highest BCUT2D eigenvalue weighted by Gasteiger charge is 2.29. The molecule has 0 amide bonds. The number of anilines is 1. The fourth-order valence-corrected chi connectivity index (χ4v) is 5.11. The zero-order valence-electron chi connectivity index (χ0n) is 20.4. The summed E-state index contributed by atoms with van der Waals surface area (Å²) in [6.45, 7) is 3.42. The summed E-state index contributed by atoms with van der Waals surface area (Å²) in [6, 6.07) is 2.90. The smallest absolute Gasteiger partial charge is 0.341 e. The van der Waals surface area contributed by atoms with Crippen LogP contribution in [-0.2, 0) is 19.8 Å². The largest absolute Gasteiger partial charge is 0.506 e. The number of aliphatic hydroxyl groups is 2. The summed E-state index contributed by atoms with van der Waals surface area (Å²) < 4.78 is 17.0. The Morgan fingerprint density at radius 3 is 2.38 bits per heavy atom. The molecule has 2 aromatic heterocycles. The number of hydrogen-bond donors (Lipinski definition) is 4. The van der Waals surface area contributed by atoms with E-state index in [9.17, 15) is 30.0 Å². The molecule has 1 saturated carbocycles.